The molecular weight excluding hydrogens is 419 g/mol. The minimum Gasteiger partial charge on any atom is -0.465 e. The van der Waals surface area contributed by atoms with Gasteiger partial charge in [-0.2, -0.15) is 0 Å². The maximum absolute atomic E-state index is 13.9. The fourth-order valence-electron chi connectivity index (χ4n) is 3.41. The van der Waals surface area contributed by atoms with Crippen LogP contribution in [0.1, 0.15) is 26.3 Å². The molecule has 3 aromatic rings. The number of ether oxygens (including phenoxy) is 2. The molecule has 0 atom stereocenters. The number of hydrogen-bond acceptors (Lipinski definition) is 6. The summed E-state index contributed by atoms with van der Waals surface area (Å²) in [7, 11) is 1.29. The number of nitrogens with zero attached hydrogens (tertiary/aromatic N) is 1. The van der Waals surface area contributed by atoms with Crippen molar-refractivity contribution in [1.82, 2.24) is 9.88 Å². The molecule has 0 unspecified atom stereocenters. The van der Waals surface area contributed by atoms with Gasteiger partial charge < -0.3 is 19.4 Å². The van der Waals surface area contributed by atoms with Gasteiger partial charge in [0, 0.05) is 24.2 Å². The molecule has 1 amide bonds. The predicted molar refractivity (Wildman–Crippen MR) is 110 cm³/mol. The van der Waals surface area contributed by atoms with Gasteiger partial charge >= 0.3 is 11.9 Å². The number of rotatable bonds is 6. The Morgan fingerprint density at radius 3 is 2.56 bits per heavy atom. The minimum atomic E-state index is -0.930. The van der Waals surface area contributed by atoms with E-state index in [2.05, 4.69) is 10.1 Å². The van der Waals surface area contributed by atoms with Crippen molar-refractivity contribution < 1.29 is 33.0 Å². The van der Waals surface area contributed by atoms with Crippen LogP contribution in [0.5, 0.6) is 0 Å². The molecule has 0 fully saturated rings. The Bertz CT molecular complexity index is 1290. The first-order valence-electron chi connectivity index (χ1n) is 9.54. The standard InChI is InChI=1S/C23H17FN2O6/c1-31-23(30)14-4-2-13(3-5-14)10-26-11-18(17-7-6-15(24)8-19(17)26)21(28)22(29)25-16-9-20(27)32-12-16/h2-9,11H,10,12H2,1H3,(H,25,29). The molecule has 1 aliphatic rings. The number of cyclic esters (lactones) is 1. The van der Waals surface area contributed by atoms with Crippen LogP contribution in [0.15, 0.2) is 60.4 Å². The Hall–Kier alpha value is -4.27. The summed E-state index contributed by atoms with van der Waals surface area (Å²) in [6.45, 7) is 0.149. The molecule has 2 heterocycles. The summed E-state index contributed by atoms with van der Waals surface area (Å²) in [6, 6.07) is 10.6. The van der Waals surface area contributed by atoms with E-state index in [9.17, 15) is 23.6 Å². The highest BCUT2D eigenvalue weighted by Gasteiger charge is 2.24. The van der Waals surface area contributed by atoms with E-state index in [0.29, 0.717) is 16.5 Å². The molecule has 8 nitrogen and oxygen atoms in total. The molecule has 1 aromatic heterocycles. The topological polar surface area (TPSA) is 104 Å². The molecule has 1 aliphatic heterocycles. The molecule has 4 rings (SSSR count). The Kier molecular flexibility index (Phi) is 5.55. The number of Topliss-reactive ketones (excluding diaryl/α,β-unsaturated/α-hetero) is 1. The van der Waals surface area contributed by atoms with Crippen LogP contribution in [0.4, 0.5) is 4.39 Å². The quantitative estimate of drug-likeness (QED) is 0.362. The lowest BCUT2D eigenvalue weighted by atomic mass is 10.1. The number of fused-ring (bicyclic) bond motifs is 1. The van der Waals surface area contributed by atoms with Crippen molar-refractivity contribution in [1.29, 1.82) is 0 Å². The number of benzene rings is 2. The summed E-state index contributed by atoms with van der Waals surface area (Å²) in [6.07, 6.45) is 2.58. The number of carbonyl (C=O) groups is 4. The number of carbonyl (C=O) groups excluding carboxylic acids is 4. The van der Waals surface area contributed by atoms with Crippen molar-refractivity contribution in [3.8, 4) is 0 Å². The van der Waals surface area contributed by atoms with Gasteiger partial charge in [-0.25, -0.2) is 14.0 Å². The number of amides is 1. The monoisotopic (exact) mass is 436 g/mol. The van der Waals surface area contributed by atoms with E-state index in [0.717, 1.165) is 11.6 Å². The van der Waals surface area contributed by atoms with Gasteiger partial charge in [0.05, 0.1) is 29.5 Å². The van der Waals surface area contributed by atoms with Crippen molar-refractivity contribution in [3.63, 3.8) is 0 Å². The zero-order valence-electron chi connectivity index (χ0n) is 16.9. The maximum Gasteiger partial charge on any atom is 0.337 e. The molecule has 2 aromatic carbocycles. The van der Waals surface area contributed by atoms with Crippen molar-refractivity contribution in [2.75, 3.05) is 13.7 Å². The molecule has 1 N–H and O–H groups in total. The molecule has 0 spiro atoms. The lowest BCUT2D eigenvalue weighted by Crippen LogP contribution is -2.31. The summed E-state index contributed by atoms with van der Waals surface area (Å²) >= 11 is 0. The Labute approximate surface area is 181 Å². The van der Waals surface area contributed by atoms with Crippen LogP contribution in [-0.4, -0.2) is 41.9 Å². The molecule has 0 saturated heterocycles. The van der Waals surface area contributed by atoms with E-state index < -0.39 is 29.4 Å². The average Bonchev–Trinajstić information content (AvgIpc) is 3.36. The highest BCUT2D eigenvalue weighted by Crippen LogP contribution is 2.24. The maximum atomic E-state index is 13.9. The molecule has 0 saturated carbocycles. The minimum absolute atomic E-state index is 0.0922. The van der Waals surface area contributed by atoms with Gasteiger partial charge in [-0.05, 0) is 35.9 Å². The van der Waals surface area contributed by atoms with Crippen LogP contribution >= 0.6 is 0 Å². The van der Waals surface area contributed by atoms with Crippen LogP contribution in [0, 0.1) is 5.82 Å². The third-order valence-corrected chi connectivity index (χ3v) is 4.96. The van der Waals surface area contributed by atoms with Crippen LogP contribution in [0.25, 0.3) is 10.9 Å². The molecule has 0 aliphatic carbocycles. The molecule has 0 radical (unpaired) electrons. The number of ketones is 1. The number of methoxy groups -OCH3 is 1. The summed E-state index contributed by atoms with van der Waals surface area (Å²) in [5.74, 6) is -3.32. The Morgan fingerprint density at radius 1 is 1.16 bits per heavy atom. The van der Waals surface area contributed by atoms with Crippen LogP contribution in [0.2, 0.25) is 0 Å². The van der Waals surface area contributed by atoms with Gasteiger partial charge in [-0.1, -0.05) is 12.1 Å². The van der Waals surface area contributed by atoms with E-state index in [1.165, 1.54) is 31.5 Å². The highest BCUT2D eigenvalue weighted by molar-refractivity contribution is 6.45. The van der Waals surface area contributed by atoms with E-state index in [-0.39, 0.29) is 24.4 Å². The summed E-state index contributed by atoms with van der Waals surface area (Å²) in [4.78, 5) is 48.0. The van der Waals surface area contributed by atoms with E-state index in [1.54, 1.807) is 28.8 Å². The molecule has 9 heteroatoms. The normalized spacial score (nSPS) is 12.9. The third kappa shape index (κ3) is 4.13. The third-order valence-electron chi connectivity index (χ3n) is 4.96. The number of halogens is 1. The zero-order valence-corrected chi connectivity index (χ0v) is 16.9. The van der Waals surface area contributed by atoms with Gasteiger partial charge in [-0.3, -0.25) is 9.59 Å². The molecule has 32 heavy (non-hydrogen) atoms. The number of aromatic nitrogens is 1. The first kappa shape index (κ1) is 21.0. The van der Waals surface area contributed by atoms with Gasteiger partial charge in [0.2, 0.25) is 0 Å². The fraction of sp³-hybridized carbons (Fsp3) is 0.130. The predicted octanol–water partition coefficient (Wildman–Crippen LogP) is 2.35. The lowest BCUT2D eigenvalue weighted by Gasteiger charge is -2.07. The summed E-state index contributed by atoms with van der Waals surface area (Å²) < 4.78 is 25.0. The number of esters is 2. The van der Waals surface area contributed by atoms with Crippen LogP contribution in [-0.2, 0) is 25.6 Å². The summed E-state index contributed by atoms with van der Waals surface area (Å²) in [5.41, 5.74) is 1.88. The SMILES string of the molecule is COC(=O)c1ccc(Cn2cc(C(=O)C(=O)NC3=CC(=O)OC3)c3ccc(F)cc32)cc1. The van der Waals surface area contributed by atoms with Gasteiger partial charge in [0.25, 0.3) is 11.7 Å². The molecule has 0 bridgehead atoms. The van der Waals surface area contributed by atoms with Gasteiger partial charge in [0.1, 0.15) is 12.4 Å². The second-order valence-electron chi connectivity index (χ2n) is 7.08. The van der Waals surface area contributed by atoms with E-state index in [1.807, 2.05) is 0 Å². The van der Waals surface area contributed by atoms with Gasteiger partial charge in [-0.15, -0.1) is 0 Å². The van der Waals surface area contributed by atoms with Gasteiger partial charge in [0.15, 0.2) is 0 Å². The van der Waals surface area contributed by atoms with Crippen LogP contribution in [0.3, 0.4) is 0 Å². The van der Waals surface area contributed by atoms with Crippen LogP contribution < -0.4 is 5.32 Å². The van der Waals surface area contributed by atoms with Crippen molar-refractivity contribution in [2.24, 2.45) is 0 Å². The summed E-state index contributed by atoms with van der Waals surface area (Å²) in [5, 5.41) is 2.77. The fourth-order valence-corrected chi connectivity index (χ4v) is 3.41. The first-order chi connectivity index (χ1) is 15.4. The molecule has 162 valence electrons. The molecular formula is C23H17FN2O6. The zero-order chi connectivity index (χ0) is 22.8. The van der Waals surface area contributed by atoms with E-state index in [4.69, 9.17) is 4.74 Å². The number of hydrogen-bond donors (Lipinski definition) is 1. The highest BCUT2D eigenvalue weighted by atomic mass is 19.1. The number of nitrogens with one attached hydrogen (secondary N) is 1. The second-order valence-corrected chi connectivity index (χ2v) is 7.08. The van der Waals surface area contributed by atoms with Crippen molar-refractivity contribution in [2.45, 2.75) is 6.54 Å². The Balaban J connectivity index is 1.64. The first-order valence-corrected chi connectivity index (χ1v) is 9.54. The van der Waals surface area contributed by atoms with E-state index >= 15 is 0 Å². The van der Waals surface area contributed by atoms with Crippen molar-refractivity contribution in [3.05, 3.63) is 82.9 Å². The average molecular weight is 436 g/mol. The lowest BCUT2D eigenvalue weighted by molar-refractivity contribution is -0.135. The Morgan fingerprint density at radius 2 is 1.91 bits per heavy atom. The van der Waals surface area contributed by atoms with Crippen molar-refractivity contribution >= 4 is 34.5 Å². The smallest absolute Gasteiger partial charge is 0.337 e. The second kappa shape index (κ2) is 8.46. The largest absolute Gasteiger partial charge is 0.465 e.